The molecule has 0 saturated carbocycles. The van der Waals surface area contributed by atoms with Crippen molar-refractivity contribution in [2.24, 2.45) is 11.8 Å². The fraction of sp³-hybridized carbons (Fsp3) is 0.579. The predicted molar refractivity (Wildman–Crippen MR) is 95.4 cm³/mol. The van der Waals surface area contributed by atoms with Gasteiger partial charge in [0.05, 0.1) is 0 Å². The van der Waals surface area contributed by atoms with Crippen LogP contribution < -0.4 is 5.32 Å². The minimum Gasteiger partial charge on any atom is -0.334 e. The number of rotatable bonds is 6. The maximum atomic E-state index is 12.5. The van der Waals surface area contributed by atoms with Gasteiger partial charge in [0, 0.05) is 18.8 Å². The van der Waals surface area contributed by atoms with Crippen LogP contribution in [0.5, 0.6) is 0 Å². The van der Waals surface area contributed by atoms with E-state index in [2.05, 4.69) is 33.0 Å². The number of para-hydroxylation sites is 1. The molecule has 0 aromatic heterocycles. The number of hydrogen-bond acceptors (Lipinski definition) is 2. The molecule has 0 aliphatic carbocycles. The molecule has 0 fully saturated rings. The molecule has 0 aliphatic heterocycles. The first-order valence-electron chi connectivity index (χ1n) is 8.44. The molecule has 0 atom stereocenters. The summed E-state index contributed by atoms with van der Waals surface area (Å²) in [5.41, 5.74) is 2.79. The van der Waals surface area contributed by atoms with E-state index in [4.69, 9.17) is 0 Å². The number of carbonyl (C=O) groups is 2. The molecule has 23 heavy (non-hydrogen) atoms. The van der Waals surface area contributed by atoms with Crippen LogP contribution in [0.4, 0.5) is 5.69 Å². The molecule has 0 heterocycles. The van der Waals surface area contributed by atoms with Gasteiger partial charge in [0.25, 0.3) is 0 Å². The summed E-state index contributed by atoms with van der Waals surface area (Å²) in [4.78, 5) is 26.6. The third-order valence-electron chi connectivity index (χ3n) is 3.63. The van der Waals surface area contributed by atoms with E-state index >= 15 is 0 Å². The van der Waals surface area contributed by atoms with E-state index < -0.39 is 11.8 Å². The van der Waals surface area contributed by atoms with Crippen LogP contribution in [0.2, 0.25) is 0 Å². The molecule has 4 nitrogen and oxygen atoms in total. The molecule has 0 saturated heterocycles. The first-order chi connectivity index (χ1) is 10.8. The van der Waals surface area contributed by atoms with Crippen LogP contribution >= 0.6 is 0 Å². The summed E-state index contributed by atoms with van der Waals surface area (Å²) in [6.07, 6.45) is 0.813. The summed E-state index contributed by atoms with van der Waals surface area (Å²) in [6, 6.07) is 5.89. The highest BCUT2D eigenvalue weighted by Crippen LogP contribution is 2.21. The first-order valence-corrected chi connectivity index (χ1v) is 8.44. The Morgan fingerprint density at radius 2 is 1.65 bits per heavy atom. The second-order valence-corrected chi connectivity index (χ2v) is 6.91. The lowest BCUT2D eigenvalue weighted by Crippen LogP contribution is -2.43. The molecule has 0 aliphatic rings. The summed E-state index contributed by atoms with van der Waals surface area (Å²) in [6.45, 7) is 13.4. The molecular weight excluding hydrogens is 288 g/mol. The Hall–Kier alpha value is -1.84. The van der Waals surface area contributed by atoms with Crippen LogP contribution in [0.15, 0.2) is 18.2 Å². The van der Waals surface area contributed by atoms with Crippen molar-refractivity contribution in [3.63, 3.8) is 0 Å². The van der Waals surface area contributed by atoms with Crippen molar-refractivity contribution in [2.75, 3.05) is 18.4 Å². The van der Waals surface area contributed by atoms with Crippen molar-refractivity contribution in [1.82, 2.24) is 4.90 Å². The Kier molecular flexibility index (Phi) is 7.27. The monoisotopic (exact) mass is 318 g/mol. The summed E-state index contributed by atoms with van der Waals surface area (Å²) in [5, 5.41) is 2.83. The molecule has 1 N–H and O–H groups in total. The third kappa shape index (κ3) is 5.70. The molecule has 2 amide bonds. The Labute approximate surface area is 140 Å². The second-order valence-electron chi connectivity index (χ2n) is 6.91. The van der Waals surface area contributed by atoms with Crippen molar-refractivity contribution < 1.29 is 9.59 Å². The van der Waals surface area contributed by atoms with Gasteiger partial charge in [-0.3, -0.25) is 9.59 Å². The zero-order valence-corrected chi connectivity index (χ0v) is 15.3. The molecular formula is C19H30N2O2. The Morgan fingerprint density at radius 1 is 1.09 bits per heavy atom. The number of aryl methyl sites for hydroxylation is 2. The molecule has 0 spiro atoms. The molecule has 4 heteroatoms. The number of carbonyl (C=O) groups excluding carboxylic acids is 2. The minimum atomic E-state index is -0.546. The van der Waals surface area contributed by atoms with E-state index in [1.54, 1.807) is 4.90 Å². The van der Waals surface area contributed by atoms with Gasteiger partial charge in [0.1, 0.15) is 0 Å². The fourth-order valence-corrected chi connectivity index (χ4v) is 2.63. The smallest absolute Gasteiger partial charge is 0.313 e. The molecule has 128 valence electrons. The Balaban J connectivity index is 2.92. The SMILES string of the molecule is CCc1cccc(C)c1NC(=O)C(=O)N(CC(C)C)CC(C)C. The largest absolute Gasteiger partial charge is 0.334 e. The lowest BCUT2D eigenvalue weighted by molar-refractivity contribution is -0.143. The fourth-order valence-electron chi connectivity index (χ4n) is 2.63. The van der Waals surface area contributed by atoms with Crippen molar-refractivity contribution >= 4 is 17.5 Å². The van der Waals surface area contributed by atoms with Crippen molar-refractivity contribution in [1.29, 1.82) is 0 Å². The van der Waals surface area contributed by atoms with Crippen molar-refractivity contribution in [2.45, 2.75) is 48.0 Å². The van der Waals surface area contributed by atoms with E-state index in [1.807, 2.05) is 32.0 Å². The van der Waals surface area contributed by atoms with Gasteiger partial charge in [-0.1, -0.05) is 52.8 Å². The zero-order valence-electron chi connectivity index (χ0n) is 15.3. The van der Waals surface area contributed by atoms with Crippen molar-refractivity contribution in [3.05, 3.63) is 29.3 Å². The summed E-state index contributed by atoms with van der Waals surface area (Å²) < 4.78 is 0. The molecule has 0 bridgehead atoms. The topological polar surface area (TPSA) is 49.4 Å². The summed E-state index contributed by atoms with van der Waals surface area (Å²) in [5.74, 6) is -0.335. The predicted octanol–water partition coefficient (Wildman–Crippen LogP) is 3.64. The minimum absolute atomic E-state index is 0.329. The maximum absolute atomic E-state index is 12.5. The van der Waals surface area contributed by atoms with Gasteiger partial charge in [-0.15, -0.1) is 0 Å². The number of benzene rings is 1. The van der Waals surface area contributed by atoms with Gasteiger partial charge < -0.3 is 10.2 Å². The maximum Gasteiger partial charge on any atom is 0.313 e. The zero-order chi connectivity index (χ0) is 17.6. The summed E-state index contributed by atoms with van der Waals surface area (Å²) >= 11 is 0. The highest BCUT2D eigenvalue weighted by Gasteiger charge is 2.24. The normalized spacial score (nSPS) is 11.0. The van der Waals surface area contributed by atoms with Gasteiger partial charge in [-0.05, 0) is 36.3 Å². The second kappa shape index (κ2) is 8.70. The molecule has 0 radical (unpaired) electrons. The molecule has 1 aromatic carbocycles. The highest BCUT2D eigenvalue weighted by atomic mass is 16.2. The quantitative estimate of drug-likeness (QED) is 0.814. The first kappa shape index (κ1) is 19.2. The molecule has 0 unspecified atom stereocenters. The summed E-state index contributed by atoms with van der Waals surface area (Å²) in [7, 11) is 0. The number of amides is 2. The van der Waals surface area contributed by atoms with Gasteiger partial charge >= 0.3 is 11.8 Å². The molecule has 1 rings (SSSR count). The third-order valence-corrected chi connectivity index (χ3v) is 3.63. The van der Waals surface area contributed by atoms with Crippen LogP contribution in [0, 0.1) is 18.8 Å². The lowest BCUT2D eigenvalue weighted by Gasteiger charge is -2.26. The van der Waals surface area contributed by atoms with Gasteiger partial charge in [-0.25, -0.2) is 0 Å². The number of nitrogens with zero attached hydrogens (tertiary/aromatic N) is 1. The number of hydrogen-bond donors (Lipinski definition) is 1. The van der Waals surface area contributed by atoms with Crippen LogP contribution in [-0.2, 0) is 16.0 Å². The molecule has 1 aromatic rings. The lowest BCUT2D eigenvalue weighted by atomic mass is 10.1. The van der Waals surface area contributed by atoms with Crippen molar-refractivity contribution in [3.8, 4) is 0 Å². The van der Waals surface area contributed by atoms with Gasteiger partial charge in [0.15, 0.2) is 0 Å². The highest BCUT2D eigenvalue weighted by molar-refractivity contribution is 6.39. The average molecular weight is 318 g/mol. The average Bonchev–Trinajstić information content (AvgIpc) is 2.46. The standard InChI is InChI=1S/C19H30N2O2/c1-7-16-10-8-9-15(6)17(16)20-18(22)19(23)21(11-13(2)3)12-14(4)5/h8-10,13-14H,7,11-12H2,1-6H3,(H,20,22). The van der Waals surface area contributed by atoms with E-state index in [0.717, 1.165) is 23.2 Å². The Morgan fingerprint density at radius 3 is 2.13 bits per heavy atom. The van der Waals surface area contributed by atoms with E-state index in [0.29, 0.717) is 24.9 Å². The van der Waals surface area contributed by atoms with E-state index in [-0.39, 0.29) is 0 Å². The van der Waals surface area contributed by atoms with Gasteiger partial charge in [-0.2, -0.15) is 0 Å². The van der Waals surface area contributed by atoms with Crippen LogP contribution in [-0.4, -0.2) is 29.8 Å². The van der Waals surface area contributed by atoms with Gasteiger partial charge in [0.2, 0.25) is 0 Å². The van der Waals surface area contributed by atoms with Crippen LogP contribution in [0.3, 0.4) is 0 Å². The Bertz CT molecular complexity index is 540. The number of anilines is 1. The van der Waals surface area contributed by atoms with E-state index in [9.17, 15) is 9.59 Å². The number of nitrogens with one attached hydrogen (secondary N) is 1. The van der Waals surface area contributed by atoms with E-state index in [1.165, 1.54) is 0 Å². The van der Waals surface area contributed by atoms with Crippen LogP contribution in [0.1, 0.15) is 45.7 Å². The van der Waals surface area contributed by atoms with Crippen LogP contribution in [0.25, 0.3) is 0 Å².